The van der Waals surface area contributed by atoms with Crippen LogP contribution in [0.15, 0.2) is 59.5 Å². The number of carbonyl (C=O) groups excluding carboxylic acids is 4. The van der Waals surface area contributed by atoms with Crippen LogP contribution in [0.4, 0.5) is 0 Å². The first-order valence-corrected chi connectivity index (χ1v) is 12.1. The molecule has 0 aromatic heterocycles. The monoisotopic (exact) mass is 516 g/mol. The van der Waals surface area contributed by atoms with Crippen molar-refractivity contribution in [3.8, 4) is 0 Å². The van der Waals surface area contributed by atoms with Crippen LogP contribution in [0.25, 0.3) is 0 Å². The molecule has 1 aliphatic rings. The summed E-state index contributed by atoms with van der Waals surface area (Å²) in [5, 5.41) is 0. The molecular weight excluding hydrogens is 488 g/mol. The zero-order valence-electron chi connectivity index (χ0n) is 20.4. The SMILES string of the molecule is CC(=O)O[C@H]1[C@@H](OC(C)=O)[C@@H](COC(=O)c2ccccc2)O[C@@H](Sc2ccc(C)cc2)[C@@H]1OC(C)=O. The van der Waals surface area contributed by atoms with Crippen molar-refractivity contribution in [2.24, 2.45) is 0 Å². The van der Waals surface area contributed by atoms with E-state index in [0.717, 1.165) is 10.5 Å². The minimum absolute atomic E-state index is 0.304. The fraction of sp³-hybridized carbons (Fsp3) is 0.385. The molecule has 0 spiro atoms. The van der Waals surface area contributed by atoms with Crippen LogP contribution in [0.1, 0.15) is 36.7 Å². The Morgan fingerprint density at radius 2 is 1.33 bits per heavy atom. The second kappa shape index (κ2) is 12.5. The lowest BCUT2D eigenvalue weighted by Gasteiger charge is -2.44. The molecule has 0 amide bonds. The van der Waals surface area contributed by atoms with E-state index in [-0.39, 0.29) is 6.61 Å². The summed E-state index contributed by atoms with van der Waals surface area (Å²) in [6, 6.07) is 15.9. The Kier molecular flexibility index (Phi) is 9.49. The smallest absolute Gasteiger partial charge is 0.338 e. The van der Waals surface area contributed by atoms with E-state index in [4.69, 9.17) is 23.7 Å². The Hall–Kier alpha value is -3.37. The third kappa shape index (κ3) is 7.56. The fourth-order valence-electron chi connectivity index (χ4n) is 3.65. The van der Waals surface area contributed by atoms with Gasteiger partial charge in [-0.3, -0.25) is 14.4 Å². The zero-order chi connectivity index (χ0) is 26.2. The highest BCUT2D eigenvalue weighted by Crippen LogP contribution is 2.37. The van der Waals surface area contributed by atoms with Crippen LogP contribution in [-0.2, 0) is 38.1 Å². The molecule has 0 unspecified atom stereocenters. The van der Waals surface area contributed by atoms with Gasteiger partial charge in [-0.15, -0.1) is 0 Å². The first-order chi connectivity index (χ1) is 17.1. The Bertz CT molecular complexity index is 1070. The summed E-state index contributed by atoms with van der Waals surface area (Å²) in [4.78, 5) is 49.3. The van der Waals surface area contributed by atoms with E-state index in [1.807, 2.05) is 31.2 Å². The van der Waals surface area contributed by atoms with Crippen molar-refractivity contribution in [2.75, 3.05) is 6.61 Å². The van der Waals surface area contributed by atoms with Gasteiger partial charge in [-0.25, -0.2) is 4.79 Å². The van der Waals surface area contributed by atoms with Gasteiger partial charge in [0.05, 0.1) is 5.56 Å². The van der Waals surface area contributed by atoms with E-state index in [1.54, 1.807) is 30.3 Å². The van der Waals surface area contributed by atoms with E-state index in [9.17, 15) is 19.2 Å². The van der Waals surface area contributed by atoms with Crippen LogP contribution in [-0.4, -0.2) is 60.3 Å². The maximum Gasteiger partial charge on any atom is 0.338 e. The van der Waals surface area contributed by atoms with Crippen molar-refractivity contribution in [1.82, 2.24) is 0 Å². The van der Waals surface area contributed by atoms with Crippen molar-refractivity contribution < 1.29 is 42.9 Å². The highest BCUT2D eigenvalue weighted by Gasteiger charge is 2.52. The average molecular weight is 517 g/mol. The number of carbonyl (C=O) groups is 4. The van der Waals surface area contributed by atoms with Crippen LogP contribution >= 0.6 is 11.8 Å². The molecule has 2 aromatic rings. The van der Waals surface area contributed by atoms with Crippen LogP contribution in [0.5, 0.6) is 0 Å². The topological polar surface area (TPSA) is 114 Å². The largest absolute Gasteiger partial charge is 0.459 e. The van der Waals surface area contributed by atoms with Crippen molar-refractivity contribution in [2.45, 2.75) is 62.4 Å². The molecule has 1 heterocycles. The van der Waals surface area contributed by atoms with Gasteiger partial charge in [0.1, 0.15) is 18.1 Å². The van der Waals surface area contributed by atoms with Crippen molar-refractivity contribution in [3.63, 3.8) is 0 Å². The minimum Gasteiger partial charge on any atom is -0.459 e. The fourth-order valence-corrected chi connectivity index (χ4v) is 4.75. The summed E-state index contributed by atoms with van der Waals surface area (Å²) in [7, 11) is 0. The predicted octanol–water partition coefficient (Wildman–Crippen LogP) is 3.46. The second-order valence-electron chi connectivity index (χ2n) is 8.16. The quantitative estimate of drug-likeness (QED) is 0.382. The van der Waals surface area contributed by atoms with Gasteiger partial charge in [0, 0.05) is 25.7 Å². The first-order valence-electron chi connectivity index (χ1n) is 11.3. The molecule has 192 valence electrons. The van der Waals surface area contributed by atoms with Gasteiger partial charge in [0.2, 0.25) is 0 Å². The third-order valence-electron chi connectivity index (χ3n) is 5.16. The maximum atomic E-state index is 12.5. The molecule has 5 atom stereocenters. The van der Waals surface area contributed by atoms with E-state index in [0.29, 0.717) is 5.56 Å². The second-order valence-corrected chi connectivity index (χ2v) is 9.33. The van der Waals surface area contributed by atoms with Gasteiger partial charge in [-0.05, 0) is 31.2 Å². The highest BCUT2D eigenvalue weighted by atomic mass is 32.2. The maximum absolute atomic E-state index is 12.5. The van der Waals surface area contributed by atoms with Crippen LogP contribution in [0.3, 0.4) is 0 Å². The Labute approximate surface area is 213 Å². The van der Waals surface area contributed by atoms with Crippen molar-refractivity contribution >= 4 is 35.6 Å². The molecule has 0 N–H and O–H groups in total. The van der Waals surface area contributed by atoms with E-state index >= 15 is 0 Å². The summed E-state index contributed by atoms with van der Waals surface area (Å²) in [5.74, 6) is -2.58. The molecule has 0 bridgehead atoms. The number of esters is 4. The lowest BCUT2D eigenvalue weighted by Crippen LogP contribution is -2.61. The third-order valence-corrected chi connectivity index (χ3v) is 6.31. The summed E-state index contributed by atoms with van der Waals surface area (Å²) >= 11 is 1.24. The van der Waals surface area contributed by atoms with Gasteiger partial charge in [-0.2, -0.15) is 0 Å². The average Bonchev–Trinajstić information content (AvgIpc) is 2.82. The lowest BCUT2D eigenvalue weighted by atomic mass is 9.99. The molecule has 0 radical (unpaired) electrons. The van der Waals surface area contributed by atoms with Gasteiger partial charge >= 0.3 is 23.9 Å². The lowest BCUT2D eigenvalue weighted by molar-refractivity contribution is -0.236. The van der Waals surface area contributed by atoms with Crippen LogP contribution < -0.4 is 0 Å². The van der Waals surface area contributed by atoms with E-state index in [2.05, 4.69) is 0 Å². The Balaban J connectivity index is 1.92. The molecule has 0 aliphatic carbocycles. The summed E-state index contributed by atoms with van der Waals surface area (Å²) in [5.41, 5.74) is 0.518. The molecule has 36 heavy (non-hydrogen) atoms. The molecule has 9 nitrogen and oxygen atoms in total. The number of ether oxygens (including phenoxy) is 5. The highest BCUT2D eigenvalue weighted by molar-refractivity contribution is 7.99. The zero-order valence-corrected chi connectivity index (χ0v) is 21.2. The number of hydrogen-bond acceptors (Lipinski definition) is 10. The summed E-state index contributed by atoms with van der Waals surface area (Å²) in [6.07, 6.45) is -4.52. The summed E-state index contributed by atoms with van der Waals surface area (Å²) < 4.78 is 28.1. The van der Waals surface area contributed by atoms with Gasteiger partial charge in [-0.1, -0.05) is 47.7 Å². The molecule has 2 aromatic carbocycles. The normalized spacial score (nSPS) is 23.3. The summed E-state index contributed by atoms with van der Waals surface area (Å²) in [6.45, 7) is 5.24. The van der Waals surface area contributed by atoms with Gasteiger partial charge in [0.15, 0.2) is 18.3 Å². The minimum atomic E-state index is -1.20. The number of rotatable bonds is 8. The number of hydrogen-bond donors (Lipinski definition) is 0. The van der Waals surface area contributed by atoms with E-state index in [1.165, 1.54) is 32.5 Å². The van der Waals surface area contributed by atoms with Gasteiger partial charge in [0.25, 0.3) is 0 Å². The van der Waals surface area contributed by atoms with Crippen molar-refractivity contribution in [3.05, 3.63) is 65.7 Å². The van der Waals surface area contributed by atoms with Crippen molar-refractivity contribution in [1.29, 1.82) is 0 Å². The number of aryl methyl sites for hydroxylation is 1. The predicted molar refractivity (Wildman–Crippen MR) is 129 cm³/mol. The Morgan fingerprint density at radius 3 is 1.92 bits per heavy atom. The van der Waals surface area contributed by atoms with Crippen LogP contribution in [0, 0.1) is 6.92 Å². The van der Waals surface area contributed by atoms with E-state index < -0.39 is 53.7 Å². The molecule has 1 aliphatic heterocycles. The van der Waals surface area contributed by atoms with Crippen LogP contribution in [0.2, 0.25) is 0 Å². The Morgan fingerprint density at radius 1 is 0.778 bits per heavy atom. The van der Waals surface area contributed by atoms with Gasteiger partial charge < -0.3 is 23.7 Å². The standard InChI is InChI=1S/C26H28O9S/c1-15-10-12-20(13-11-15)36-26-24(34-18(4)29)23(33-17(3)28)22(32-16(2)27)21(35-26)14-31-25(30)19-8-6-5-7-9-19/h5-13,21-24,26H,14H2,1-4H3/t21-,22+,23+,24-,26+/m1/s1. The molecular formula is C26H28O9S. The molecule has 3 rings (SSSR count). The first kappa shape index (κ1) is 27.2. The molecule has 1 fully saturated rings. The molecule has 1 saturated heterocycles. The number of thioether (sulfide) groups is 1. The number of benzene rings is 2. The molecule has 0 saturated carbocycles. The molecule has 10 heteroatoms.